The zero-order chi connectivity index (χ0) is 27.7. The summed E-state index contributed by atoms with van der Waals surface area (Å²) in [6.45, 7) is 5.06. The van der Waals surface area contributed by atoms with E-state index < -0.39 is 23.3 Å². The molecule has 1 aliphatic rings. The number of rotatable bonds is 8. The van der Waals surface area contributed by atoms with Crippen LogP contribution in [0.15, 0.2) is 41.2 Å². The molecule has 4 heterocycles. The summed E-state index contributed by atoms with van der Waals surface area (Å²) in [7, 11) is 0. The molecule has 0 saturated carbocycles. The van der Waals surface area contributed by atoms with E-state index in [1.54, 1.807) is 17.5 Å². The van der Waals surface area contributed by atoms with Gasteiger partial charge in [-0.15, -0.1) is 22.7 Å². The molecule has 3 N–H and O–H groups in total. The van der Waals surface area contributed by atoms with Gasteiger partial charge < -0.3 is 20.6 Å². The highest BCUT2D eigenvalue weighted by molar-refractivity contribution is 7.17. The van der Waals surface area contributed by atoms with E-state index >= 15 is 0 Å². The van der Waals surface area contributed by atoms with Gasteiger partial charge in [-0.3, -0.25) is 9.78 Å². The summed E-state index contributed by atoms with van der Waals surface area (Å²) < 4.78 is 29.4. The molecule has 39 heavy (non-hydrogen) atoms. The third-order valence-electron chi connectivity index (χ3n) is 6.55. The lowest BCUT2D eigenvalue weighted by Crippen LogP contribution is -2.47. The molecule has 1 aromatic carbocycles. The number of Topliss-reactive ketones (excluding diaryl/α,β-unsaturated/α-hetero) is 1. The lowest BCUT2D eigenvalue weighted by molar-refractivity contribution is 0.0960. The highest BCUT2D eigenvalue weighted by Gasteiger charge is 2.30. The maximum atomic E-state index is 14.2. The van der Waals surface area contributed by atoms with Crippen molar-refractivity contribution in [2.45, 2.75) is 44.7 Å². The van der Waals surface area contributed by atoms with Crippen LogP contribution in [0.3, 0.4) is 0 Å². The van der Waals surface area contributed by atoms with Crippen LogP contribution < -0.4 is 15.5 Å². The molecule has 1 saturated heterocycles. The second kappa shape index (κ2) is 10.9. The van der Waals surface area contributed by atoms with Gasteiger partial charge in [0.05, 0.1) is 33.4 Å². The average molecular weight is 572 g/mol. The minimum atomic E-state index is -1.04. The first-order chi connectivity index (χ1) is 18.6. The molecule has 0 spiro atoms. The smallest absolute Gasteiger partial charge is 0.404 e. The number of carbonyl (C=O) groups is 2. The molecular weight excluding hydrogens is 544 g/mol. The lowest BCUT2D eigenvalue weighted by Gasteiger charge is -2.37. The largest absolute Gasteiger partial charge is 0.465 e. The van der Waals surface area contributed by atoms with E-state index in [-0.39, 0.29) is 34.5 Å². The minimum absolute atomic E-state index is 0.0705. The van der Waals surface area contributed by atoms with E-state index in [4.69, 9.17) is 0 Å². The van der Waals surface area contributed by atoms with Crippen molar-refractivity contribution in [3.63, 3.8) is 0 Å². The molecule has 0 bridgehead atoms. The fraction of sp³-hybridized carbons (Fsp3) is 0.333. The fourth-order valence-electron chi connectivity index (χ4n) is 4.90. The van der Waals surface area contributed by atoms with Crippen molar-refractivity contribution < 1.29 is 23.5 Å². The minimum Gasteiger partial charge on any atom is -0.465 e. The van der Waals surface area contributed by atoms with Gasteiger partial charge >= 0.3 is 6.09 Å². The molecule has 5 rings (SSSR count). The highest BCUT2D eigenvalue weighted by atomic mass is 32.1. The Kier molecular flexibility index (Phi) is 7.50. The number of nitrogens with one attached hydrogen (secondary N) is 2. The number of piperidine rings is 1. The Morgan fingerprint density at radius 1 is 1.21 bits per heavy atom. The third kappa shape index (κ3) is 5.86. The summed E-state index contributed by atoms with van der Waals surface area (Å²) in [4.78, 5) is 35.4. The number of hydrogen-bond donors (Lipinski definition) is 3. The molecule has 12 heteroatoms. The predicted molar refractivity (Wildman–Crippen MR) is 150 cm³/mol. The molecule has 0 aliphatic carbocycles. The molecule has 204 valence electrons. The van der Waals surface area contributed by atoms with Crippen LogP contribution in [-0.4, -0.2) is 51.6 Å². The van der Waals surface area contributed by atoms with Crippen LogP contribution >= 0.6 is 22.7 Å². The second-order valence-corrected chi connectivity index (χ2v) is 11.9. The summed E-state index contributed by atoms with van der Waals surface area (Å²) in [6.07, 6.45) is 2.36. The quantitative estimate of drug-likeness (QED) is 0.210. The Labute approximate surface area is 231 Å². The van der Waals surface area contributed by atoms with Crippen molar-refractivity contribution in [2.75, 3.05) is 23.3 Å². The van der Waals surface area contributed by atoms with Gasteiger partial charge in [-0.1, -0.05) is 6.07 Å². The van der Waals surface area contributed by atoms with Crippen LogP contribution in [0.1, 0.15) is 43.6 Å². The number of pyridine rings is 1. The van der Waals surface area contributed by atoms with Crippen LogP contribution in [0, 0.1) is 11.6 Å². The summed E-state index contributed by atoms with van der Waals surface area (Å²) >= 11 is 2.58. The van der Waals surface area contributed by atoms with Gasteiger partial charge in [-0.2, -0.15) is 0 Å². The average Bonchev–Trinajstić information content (AvgIpc) is 3.53. The van der Waals surface area contributed by atoms with Crippen molar-refractivity contribution in [1.29, 1.82) is 0 Å². The van der Waals surface area contributed by atoms with Gasteiger partial charge in [0.1, 0.15) is 22.3 Å². The summed E-state index contributed by atoms with van der Waals surface area (Å²) in [5.41, 5.74) is 1.71. The molecule has 1 atom stereocenters. The SMILES string of the molecule is CC(C)(CC(=O)c1csc(-c2c(F)cccc2F)n1)Nc1cnc2ccsc2c1N1CCC[C@H](NC(=O)O)C1. The number of carbonyl (C=O) groups excluding carboxylic acids is 1. The van der Waals surface area contributed by atoms with Crippen molar-refractivity contribution in [1.82, 2.24) is 15.3 Å². The third-order valence-corrected chi connectivity index (χ3v) is 8.32. The fourth-order valence-corrected chi connectivity index (χ4v) is 6.69. The normalized spacial score (nSPS) is 15.9. The number of benzene rings is 1. The lowest BCUT2D eigenvalue weighted by atomic mass is 9.95. The molecule has 1 aliphatic heterocycles. The maximum Gasteiger partial charge on any atom is 0.404 e. The number of carboxylic acid groups (broad SMARTS) is 1. The Morgan fingerprint density at radius 3 is 2.72 bits per heavy atom. The highest BCUT2D eigenvalue weighted by Crippen LogP contribution is 2.39. The Balaban J connectivity index is 1.38. The van der Waals surface area contributed by atoms with Gasteiger partial charge in [0.15, 0.2) is 5.78 Å². The number of amides is 1. The van der Waals surface area contributed by atoms with Gasteiger partial charge in [-0.05, 0) is 50.3 Å². The number of thiazole rings is 1. The van der Waals surface area contributed by atoms with Crippen LogP contribution in [0.4, 0.5) is 25.0 Å². The Bertz CT molecular complexity index is 1520. The summed E-state index contributed by atoms with van der Waals surface area (Å²) in [6, 6.07) is 5.35. The first kappa shape index (κ1) is 26.9. The summed E-state index contributed by atoms with van der Waals surface area (Å²) in [5.74, 6) is -1.72. The molecule has 0 unspecified atom stereocenters. The van der Waals surface area contributed by atoms with Gasteiger partial charge in [0.25, 0.3) is 0 Å². The molecule has 4 aromatic rings. The van der Waals surface area contributed by atoms with Gasteiger partial charge in [-0.25, -0.2) is 18.6 Å². The van der Waals surface area contributed by atoms with Crippen molar-refractivity contribution in [3.05, 3.63) is 58.6 Å². The maximum absolute atomic E-state index is 14.2. The van der Waals surface area contributed by atoms with Gasteiger partial charge in [0.2, 0.25) is 0 Å². The van der Waals surface area contributed by atoms with Crippen LogP contribution in [0.2, 0.25) is 0 Å². The number of anilines is 2. The number of ketones is 1. The van der Waals surface area contributed by atoms with E-state index in [9.17, 15) is 23.5 Å². The van der Waals surface area contributed by atoms with Crippen LogP contribution in [0.25, 0.3) is 20.8 Å². The van der Waals surface area contributed by atoms with E-state index in [1.807, 2.05) is 25.3 Å². The molecule has 0 radical (unpaired) electrons. The van der Waals surface area contributed by atoms with Crippen LogP contribution in [0.5, 0.6) is 0 Å². The topological polar surface area (TPSA) is 107 Å². The first-order valence-corrected chi connectivity index (χ1v) is 14.2. The van der Waals surface area contributed by atoms with Crippen molar-refractivity contribution >= 4 is 56.1 Å². The zero-order valence-corrected chi connectivity index (χ0v) is 23.0. The molecule has 8 nitrogen and oxygen atoms in total. The summed E-state index contributed by atoms with van der Waals surface area (Å²) in [5, 5.41) is 18.9. The molecular formula is C27H27F2N5O3S2. The number of nitrogens with zero attached hydrogens (tertiary/aromatic N) is 3. The predicted octanol–water partition coefficient (Wildman–Crippen LogP) is 6.40. The first-order valence-electron chi connectivity index (χ1n) is 12.4. The standard InChI is InChI=1S/C27H27F2N5O3S2/c1-27(2,11-21(35)20-14-39-25(32-20)22-16(28)6-3-7-17(22)29)33-19-12-30-18-8-10-38-24(18)23(19)34-9-4-5-15(13-34)31-26(36)37/h3,6-8,10,12,14-15,31,33H,4-5,9,11,13H2,1-2H3,(H,36,37)/t15-/m0/s1. The number of aromatic nitrogens is 2. The molecule has 3 aromatic heterocycles. The van der Waals surface area contributed by atoms with Crippen molar-refractivity contribution in [3.8, 4) is 10.6 Å². The molecule has 1 amide bonds. The van der Waals surface area contributed by atoms with Crippen LogP contribution in [-0.2, 0) is 0 Å². The Hall–Kier alpha value is -3.64. The van der Waals surface area contributed by atoms with Gasteiger partial charge in [0, 0.05) is 36.5 Å². The zero-order valence-electron chi connectivity index (χ0n) is 21.3. The van der Waals surface area contributed by atoms with E-state index in [2.05, 4.69) is 25.5 Å². The Morgan fingerprint density at radius 2 is 1.97 bits per heavy atom. The van der Waals surface area contributed by atoms with E-state index in [0.29, 0.717) is 6.54 Å². The number of halogens is 2. The van der Waals surface area contributed by atoms with Crippen molar-refractivity contribution in [2.24, 2.45) is 0 Å². The number of thiophene rings is 1. The molecule has 1 fully saturated rings. The monoisotopic (exact) mass is 571 g/mol. The number of hydrogen-bond acceptors (Lipinski definition) is 8. The number of fused-ring (bicyclic) bond motifs is 1. The second-order valence-electron chi connectivity index (χ2n) is 10.1. The van der Waals surface area contributed by atoms with E-state index in [1.165, 1.54) is 11.4 Å². The van der Waals surface area contributed by atoms with E-state index in [0.717, 1.165) is 64.4 Å².